The first-order chi connectivity index (χ1) is 36.8. The molecule has 0 amide bonds. The van der Waals surface area contributed by atoms with Gasteiger partial charge in [-0.25, -0.2) is 28.8 Å². The largest absolute Gasteiger partial charge is 0.504 e. The van der Waals surface area contributed by atoms with Crippen LogP contribution < -0.4 is 9.47 Å². The number of esters is 6. The number of carbonyl (C=O) groups excluding carboxylic acids is 6. The predicted molar refractivity (Wildman–Crippen MR) is 240 cm³/mol. The molecule has 10 rings (SSSR count). The van der Waals surface area contributed by atoms with Crippen molar-refractivity contribution in [3.63, 3.8) is 0 Å². The van der Waals surface area contributed by atoms with Crippen molar-refractivity contribution in [1.29, 1.82) is 0 Å². The highest BCUT2D eigenvalue weighted by atomic mass is 16.7. The maximum absolute atomic E-state index is 14.9. The van der Waals surface area contributed by atoms with Crippen LogP contribution in [0.25, 0.3) is 22.3 Å². The number of benzene rings is 6. The fourth-order valence-corrected chi connectivity index (χ4v) is 8.74. The number of hydrogen-bond donors (Lipinski definition) is 16. The molecule has 1 fully saturated rings. The topological polar surface area (TPSA) is 500 Å². The molecule has 30 heteroatoms. The van der Waals surface area contributed by atoms with Crippen molar-refractivity contribution in [3.8, 4) is 131 Å². The van der Waals surface area contributed by atoms with E-state index < -0.39 is 238 Å². The summed E-state index contributed by atoms with van der Waals surface area (Å²) < 4.78 is 45.2. The molecule has 6 aromatic carbocycles. The quantitative estimate of drug-likeness (QED) is 0.0513. The highest BCUT2D eigenvalue weighted by Crippen LogP contribution is 2.59. The molecule has 0 aromatic heterocycles. The molecular weight excluding hydrogens is 1060 g/mol. The minimum Gasteiger partial charge on any atom is -0.504 e. The fraction of sp³-hybridized carbons (Fsp3) is 0.125. The Kier molecular flexibility index (Phi) is 11.4. The molecule has 0 aliphatic carbocycles. The van der Waals surface area contributed by atoms with E-state index in [0.29, 0.717) is 42.5 Å². The van der Waals surface area contributed by atoms with Crippen molar-refractivity contribution in [2.24, 2.45) is 0 Å². The molecular formula is C48H30O30. The number of phenolic OH excluding ortho intramolecular Hbond substituents is 16. The van der Waals surface area contributed by atoms with Crippen LogP contribution in [0.4, 0.5) is 0 Å². The third-order valence-electron chi connectivity index (χ3n) is 12.4. The SMILES string of the molecule is O=C(OC1OC2COC(=O)c3cc(O)c4c(c3-c3c(cc(O)c(O)c3O)C(=O)OC2C2OC(=O)c3cc(O)c(O)c(O)c3-c3c(cc(O)c(O)c3O)C(=O)OC12)OC(=O)c1cc(O)c(O)c(O)c1O4)c1cc(O)c(O)c(O)c1. The predicted octanol–water partition coefficient (Wildman–Crippen LogP) is 2.68. The van der Waals surface area contributed by atoms with Crippen molar-refractivity contribution in [3.05, 3.63) is 75.8 Å². The van der Waals surface area contributed by atoms with Crippen molar-refractivity contribution in [2.45, 2.75) is 30.7 Å². The van der Waals surface area contributed by atoms with Crippen LogP contribution in [-0.2, 0) is 28.4 Å². The molecule has 0 saturated carbocycles. The monoisotopic (exact) mass is 1090 g/mol. The van der Waals surface area contributed by atoms with Gasteiger partial charge in [0.1, 0.15) is 18.3 Å². The van der Waals surface area contributed by atoms with E-state index in [9.17, 15) is 110 Å². The van der Waals surface area contributed by atoms with Gasteiger partial charge in [0.15, 0.2) is 87.0 Å². The number of ether oxygens (including phenoxy) is 8. The van der Waals surface area contributed by atoms with Gasteiger partial charge in [-0.2, -0.15) is 0 Å². The third kappa shape index (κ3) is 7.61. The summed E-state index contributed by atoms with van der Waals surface area (Å²) in [5, 5.41) is 171. The number of carbonyl (C=O) groups is 6. The number of rotatable bonds is 2. The Labute approximate surface area is 428 Å². The van der Waals surface area contributed by atoms with Gasteiger partial charge in [-0.05, 0) is 36.4 Å². The lowest BCUT2D eigenvalue weighted by molar-refractivity contribution is -0.282. The molecule has 0 spiro atoms. The number of fused-ring (bicyclic) bond motifs is 12. The molecule has 4 aliphatic rings. The average Bonchev–Trinajstić information content (AvgIpc) is 3.72. The fourth-order valence-electron chi connectivity index (χ4n) is 8.74. The minimum atomic E-state index is -2.61. The van der Waals surface area contributed by atoms with Crippen molar-refractivity contribution in [2.75, 3.05) is 6.61 Å². The van der Waals surface area contributed by atoms with Crippen LogP contribution in [0.5, 0.6) is 109 Å². The Morgan fingerprint density at radius 3 is 1.31 bits per heavy atom. The van der Waals surface area contributed by atoms with Gasteiger partial charge in [0.05, 0.1) is 27.8 Å². The van der Waals surface area contributed by atoms with Crippen LogP contribution in [-0.4, -0.2) is 155 Å². The van der Waals surface area contributed by atoms with E-state index in [0.717, 1.165) is 0 Å². The summed E-state index contributed by atoms with van der Waals surface area (Å²) in [6.45, 7) is -1.35. The Morgan fingerprint density at radius 1 is 0.385 bits per heavy atom. The Hall–Kier alpha value is -11.3. The van der Waals surface area contributed by atoms with Crippen LogP contribution in [0.1, 0.15) is 62.1 Å². The lowest BCUT2D eigenvalue weighted by atomic mass is 9.91. The van der Waals surface area contributed by atoms with Crippen LogP contribution >= 0.6 is 0 Å². The van der Waals surface area contributed by atoms with E-state index in [2.05, 4.69) is 0 Å². The summed E-state index contributed by atoms with van der Waals surface area (Å²) in [4.78, 5) is 86.2. The van der Waals surface area contributed by atoms with Gasteiger partial charge in [0.2, 0.25) is 46.9 Å². The third-order valence-corrected chi connectivity index (χ3v) is 12.4. The van der Waals surface area contributed by atoms with Crippen molar-refractivity contribution >= 4 is 35.8 Å². The summed E-state index contributed by atoms with van der Waals surface area (Å²) in [5.74, 6) is -34.8. The number of hydrogen-bond acceptors (Lipinski definition) is 30. The minimum absolute atomic E-state index is 0.372. The molecule has 0 radical (unpaired) electrons. The molecule has 1 saturated heterocycles. The zero-order valence-corrected chi connectivity index (χ0v) is 38.0. The van der Waals surface area contributed by atoms with Crippen LogP contribution in [0.2, 0.25) is 0 Å². The van der Waals surface area contributed by atoms with E-state index in [1.54, 1.807) is 0 Å². The van der Waals surface area contributed by atoms with Crippen LogP contribution in [0.15, 0.2) is 42.5 Å². The van der Waals surface area contributed by atoms with Crippen LogP contribution in [0, 0.1) is 0 Å². The van der Waals surface area contributed by atoms with Gasteiger partial charge >= 0.3 is 35.8 Å². The van der Waals surface area contributed by atoms with Gasteiger partial charge in [-0.3, -0.25) is 0 Å². The zero-order valence-electron chi connectivity index (χ0n) is 38.0. The lowest BCUT2D eigenvalue weighted by Gasteiger charge is -2.44. The molecule has 5 atom stereocenters. The van der Waals surface area contributed by atoms with E-state index in [1.807, 2.05) is 0 Å². The second-order valence-electron chi connectivity index (χ2n) is 17.0. The molecule has 30 nitrogen and oxygen atoms in total. The molecule has 0 bridgehead atoms. The van der Waals surface area contributed by atoms with Gasteiger partial charge in [0.25, 0.3) is 0 Å². The summed E-state index contributed by atoms with van der Waals surface area (Å²) in [6.07, 6.45) is -12.6. The van der Waals surface area contributed by atoms with Crippen molar-refractivity contribution < 1.29 is 148 Å². The highest BCUT2D eigenvalue weighted by molar-refractivity contribution is 6.11. The van der Waals surface area contributed by atoms with E-state index >= 15 is 0 Å². The van der Waals surface area contributed by atoms with Crippen molar-refractivity contribution in [1.82, 2.24) is 0 Å². The summed E-state index contributed by atoms with van der Waals surface area (Å²) in [7, 11) is 0. The molecule has 4 aliphatic heterocycles. The Morgan fingerprint density at radius 2 is 0.795 bits per heavy atom. The molecule has 402 valence electrons. The molecule has 5 unspecified atom stereocenters. The highest BCUT2D eigenvalue weighted by Gasteiger charge is 2.56. The number of aromatic hydroxyl groups is 16. The first-order valence-corrected chi connectivity index (χ1v) is 21.6. The first kappa shape index (κ1) is 50.2. The summed E-state index contributed by atoms with van der Waals surface area (Å²) in [6, 6.07) is 3.26. The second-order valence-corrected chi connectivity index (χ2v) is 17.0. The van der Waals surface area contributed by atoms with Crippen LogP contribution in [0.3, 0.4) is 0 Å². The van der Waals surface area contributed by atoms with E-state index in [1.165, 1.54) is 0 Å². The van der Waals surface area contributed by atoms with Gasteiger partial charge in [-0.1, -0.05) is 0 Å². The maximum Gasteiger partial charge on any atom is 0.347 e. The standard InChI is InChI=1S/C48H30O30/c49-15-1-9(2-16(50)27(15)56)42(65)78-48-41-40(76-45(68)10-3-17(51)28(57)32(61)23(10)24-11(46(69)77-41)4-18(52)29(58)33(24)62)38-22(72-48)8-71-43(66)13-6-21(55)37-39(75-47(70)14-7-20(54)31(60)35(64)36(14)73-37)26(13)25-12(44(67)74-38)5-19(53)30(59)34(25)63/h1-7,22,38,40-41,48-64H,8H2. The van der Waals surface area contributed by atoms with Gasteiger partial charge in [0, 0.05) is 28.3 Å². The molecule has 4 heterocycles. The lowest BCUT2D eigenvalue weighted by Crippen LogP contribution is -2.63. The van der Waals surface area contributed by atoms with E-state index in [-0.39, 0.29) is 0 Å². The summed E-state index contributed by atoms with van der Waals surface area (Å²) in [5.41, 5.74) is -10.6. The van der Waals surface area contributed by atoms with Gasteiger partial charge < -0.3 is 120 Å². The normalized spacial score (nSPS) is 19.4. The molecule has 16 N–H and O–H groups in total. The first-order valence-electron chi connectivity index (χ1n) is 21.6. The number of cyclic esters (lactones) is 1. The maximum atomic E-state index is 14.9. The van der Waals surface area contributed by atoms with Gasteiger partial charge in [-0.15, -0.1) is 0 Å². The molecule has 78 heavy (non-hydrogen) atoms. The average molecular weight is 1090 g/mol. The summed E-state index contributed by atoms with van der Waals surface area (Å²) >= 11 is 0. The Balaban J connectivity index is 1.19. The zero-order chi connectivity index (χ0) is 56.4. The number of phenols is 16. The molecule has 6 aromatic rings. The van der Waals surface area contributed by atoms with E-state index in [4.69, 9.17) is 37.9 Å². The second kappa shape index (κ2) is 17.7. The Bertz CT molecular complexity index is 3720. The smallest absolute Gasteiger partial charge is 0.347 e.